The molecule has 0 aromatic carbocycles. The Kier molecular flexibility index (Phi) is 2.51. The number of hydrogen-bond acceptors (Lipinski definition) is 5. The highest BCUT2D eigenvalue weighted by Gasteiger charge is 2.42. The molecule has 1 aromatic rings. The smallest absolute Gasteiger partial charge is 0.174 e. The molecule has 5 heteroatoms. The van der Waals surface area contributed by atoms with E-state index in [0.29, 0.717) is 11.8 Å². The third-order valence-corrected chi connectivity index (χ3v) is 4.46. The van der Waals surface area contributed by atoms with Crippen LogP contribution in [0.5, 0.6) is 0 Å². The van der Waals surface area contributed by atoms with Crippen molar-refractivity contribution < 1.29 is 0 Å². The van der Waals surface area contributed by atoms with Crippen LogP contribution in [0.2, 0.25) is 0 Å². The zero-order valence-corrected chi connectivity index (χ0v) is 8.70. The molecular formula is C8H9N3S2. The molecule has 1 heterocycles. The van der Waals surface area contributed by atoms with Crippen LogP contribution in [0.25, 0.3) is 0 Å². The van der Waals surface area contributed by atoms with E-state index in [1.54, 1.807) is 28.6 Å². The van der Waals surface area contributed by atoms with Gasteiger partial charge in [-0.3, -0.25) is 0 Å². The van der Waals surface area contributed by atoms with E-state index in [9.17, 15) is 0 Å². The van der Waals surface area contributed by atoms with Crippen LogP contribution in [-0.2, 0) is 0 Å². The van der Waals surface area contributed by atoms with Gasteiger partial charge in [0.1, 0.15) is 5.51 Å². The fourth-order valence-electron chi connectivity index (χ4n) is 1.16. The third-order valence-electron chi connectivity index (χ3n) is 2.25. The molecule has 0 saturated heterocycles. The Balaban J connectivity index is 1.83. The van der Waals surface area contributed by atoms with Crippen LogP contribution in [-0.4, -0.2) is 16.0 Å². The third kappa shape index (κ3) is 2.20. The second kappa shape index (κ2) is 3.64. The van der Waals surface area contributed by atoms with E-state index in [2.05, 4.69) is 16.3 Å². The molecule has 1 fully saturated rings. The largest absolute Gasteiger partial charge is 0.198 e. The molecular weight excluding hydrogens is 202 g/mol. The van der Waals surface area contributed by atoms with Crippen molar-refractivity contribution >= 4 is 23.1 Å². The highest BCUT2D eigenvalue weighted by Crippen LogP contribution is 2.51. The highest BCUT2D eigenvalue weighted by atomic mass is 32.2. The number of rotatable bonds is 4. The van der Waals surface area contributed by atoms with Crippen molar-refractivity contribution in [3.05, 3.63) is 5.51 Å². The van der Waals surface area contributed by atoms with E-state index >= 15 is 0 Å². The molecule has 3 nitrogen and oxygen atoms in total. The van der Waals surface area contributed by atoms with Gasteiger partial charge in [0.05, 0.1) is 6.07 Å². The van der Waals surface area contributed by atoms with Gasteiger partial charge in [0, 0.05) is 12.2 Å². The first kappa shape index (κ1) is 8.97. The van der Waals surface area contributed by atoms with E-state index in [1.807, 2.05) is 0 Å². The summed E-state index contributed by atoms with van der Waals surface area (Å²) < 4.78 is 1.02. The van der Waals surface area contributed by atoms with Gasteiger partial charge in [-0.15, -0.1) is 10.2 Å². The molecule has 13 heavy (non-hydrogen) atoms. The van der Waals surface area contributed by atoms with Crippen LogP contribution in [0.4, 0.5) is 0 Å². The molecule has 0 unspecified atom stereocenters. The first-order valence-electron chi connectivity index (χ1n) is 4.11. The van der Waals surface area contributed by atoms with E-state index in [4.69, 9.17) is 5.26 Å². The molecule has 0 atom stereocenters. The van der Waals surface area contributed by atoms with Gasteiger partial charge >= 0.3 is 0 Å². The van der Waals surface area contributed by atoms with Crippen molar-refractivity contribution in [3.63, 3.8) is 0 Å². The normalized spacial score (nSPS) is 18.1. The molecule has 0 spiro atoms. The molecule has 1 saturated carbocycles. The average molecular weight is 211 g/mol. The Hall–Kier alpha value is -0.600. The van der Waals surface area contributed by atoms with E-state index in [-0.39, 0.29) is 0 Å². The summed E-state index contributed by atoms with van der Waals surface area (Å²) in [5, 5.41) is 16.3. The second-order valence-electron chi connectivity index (χ2n) is 3.33. The van der Waals surface area contributed by atoms with Gasteiger partial charge in [-0.2, -0.15) is 5.26 Å². The summed E-state index contributed by atoms with van der Waals surface area (Å²) >= 11 is 3.30. The van der Waals surface area contributed by atoms with Crippen LogP contribution in [0.15, 0.2) is 9.85 Å². The molecule has 68 valence electrons. The lowest BCUT2D eigenvalue weighted by atomic mass is 10.1. The maximum atomic E-state index is 8.61. The van der Waals surface area contributed by atoms with Crippen molar-refractivity contribution in [2.24, 2.45) is 5.41 Å². The predicted molar refractivity (Wildman–Crippen MR) is 52.5 cm³/mol. The summed E-state index contributed by atoms with van der Waals surface area (Å²) in [6.07, 6.45) is 3.09. The summed E-state index contributed by atoms with van der Waals surface area (Å²) in [6, 6.07) is 2.25. The fourth-order valence-corrected chi connectivity index (χ4v) is 2.94. The van der Waals surface area contributed by atoms with Crippen LogP contribution >= 0.6 is 23.1 Å². The standard InChI is InChI=1S/C8H9N3S2/c9-4-3-8(1-2-8)5-12-7-11-10-6-13-7/h6H,1-3,5H2. The maximum Gasteiger partial charge on any atom is 0.174 e. The van der Waals surface area contributed by atoms with Crippen molar-refractivity contribution in [2.45, 2.75) is 23.6 Å². The van der Waals surface area contributed by atoms with Crippen LogP contribution in [0.1, 0.15) is 19.3 Å². The molecule has 0 radical (unpaired) electrons. The lowest BCUT2D eigenvalue weighted by molar-refractivity contribution is 0.604. The Labute approximate surface area is 85.2 Å². The van der Waals surface area contributed by atoms with Gasteiger partial charge in [-0.25, -0.2) is 0 Å². The molecule has 0 bridgehead atoms. The van der Waals surface area contributed by atoms with Gasteiger partial charge in [0.15, 0.2) is 4.34 Å². The lowest BCUT2D eigenvalue weighted by Gasteiger charge is -2.07. The van der Waals surface area contributed by atoms with Crippen LogP contribution < -0.4 is 0 Å². The summed E-state index contributed by atoms with van der Waals surface area (Å²) in [6.45, 7) is 0. The molecule has 0 N–H and O–H groups in total. The topological polar surface area (TPSA) is 49.6 Å². The van der Waals surface area contributed by atoms with Gasteiger partial charge in [-0.05, 0) is 18.3 Å². The summed E-state index contributed by atoms with van der Waals surface area (Å²) in [4.78, 5) is 0. The first-order valence-corrected chi connectivity index (χ1v) is 5.97. The highest BCUT2D eigenvalue weighted by molar-refractivity contribution is 8.01. The minimum absolute atomic E-state index is 0.311. The molecule has 0 aliphatic heterocycles. The van der Waals surface area contributed by atoms with E-state index < -0.39 is 0 Å². The van der Waals surface area contributed by atoms with Gasteiger partial charge in [-0.1, -0.05) is 23.1 Å². The minimum Gasteiger partial charge on any atom is -0.198 e. The quantitative estimate of drug-likeness (QED) is 0.717. The monoisotopic (exact) mass is 211 g/mol. The number of thioether (sulfide) groups is 1. The molecule has 1 aliphatic carbocycles. The molecule has 1 aliphatic rings. The molecule has 1 aromatic heterocycles. The second-order valence-corrected chi connectivity index (χ2v) is 5.38. The molecule has 0 amide bonds. The van der Waals surface area contributed by atoms with Crippen molar-refractivity contribution in [1.29, 1.82) is 5.26 Å². The minimum atomic E-state index is 0.311. The van der Waals surface area contributed by atoms with E-state index in [0.717, 1.165) is 10.1 Å². The number of hydrogen-bond donors (Lipinski definition) is 0. The number of nitriles is 1. The van der Waals surface area contributed by atoms with E-state index in [1.165, 1.54) is 12.8 Å². The first-order chi connectivity index (χ1) is 6.35. The zero-order chi connectivity index (χ0) is 9.15. The fraction of sp³-hybridized carbons (Fsp3) is 0.625. The van der Waals surface area contributed by atoms with Gasteiger partial charge < -0.3 is 0 Å². The Morgan fingerprint density at radius 2 is 2.54 bits per heavy atom. The number of nitrogens with zero attached hydrogens (tertiary/aromatic N) is 3. The lowest BCUT2D eigenvalue weighted by Crippen LogP contribution is -2.01. The number of aromatic nitrogens is 2. The Bertz CT molecular complexity index is 311. The van der Waals surface area contributed by atoms with Crippen molar-refractivity contribution in [3.8, 4) is 6.07 Å². The van der Waals surface area contributed by atoms with Gasteiger partial charge in [0.2, 0.25) is 0 Å². The van der Waals surface area contributed by atoms with Crippen LogP contribution in [0, 0.1) is 16.7 Å². The summed E-state index contributed by atoms with van der Waals surface area (Å²) in [7, 11) is 0. The predicted octanol–water partition coefficient (Wildman–Crippen LogP) is 2.32. The van der Waals surface area contributed by atoms with Crippen LogP contribution in [0.3, 0.4) is 0 Å². The van der Waals surface area contributed by atoms with Gasteiger partial charge in [0.25, 0.3) is 0 Å². The molecule has 2 rings (SSSR count). The Morgan fingerprint density at radius 1 is 1.69 bits per heavy atom. The van der Waals surface area contributed by atoms with Crippen molar-refractivity contribution in [1.82, 2.24) is 10.2 Å². The Morgan fingerprint density at radius 3 is 3.08 bits per heavy atom. The maximum absolute atomic E-state index is 8.61. The summed E-state index contributed by atoms with van der Waals surface area (Å²) in [5.41, 5.74) is 2.05. The average Bonchev–Trinajstić information content (AvgIpc) is 2.71. The SMILES string of the molecule is N#CCC1(CSc2nncs2)CC1. The van der Waals surface area contributed by atoms with Crippen molar-refractivity contribution in [2.75, 3.05) is 5.75 Å². The zero-order valence-electron chi connectivity index (χ0n) is 7.06. The summed E-state index contributed by atoms with van der Waals surface area (Å²) in [5.74, 6) is 1.02.